The van der Waals surface area contributed by atoms with Crippen LogP contribution in [0, 0.1) is 59.2 Å². The molecule has 2 N–H and O–H groups in total. The van der Waals surface area contributed by atoms with Crippen LogP contribution in [-0.2, 0) is 52.7 Å². The number of nitrogens with zero attached hydrogens (tertiary/aromatic N) is 8. The van der Waals surface area contributed by atoms with Crippen molar-refractivity contribution in [2.24, 2.45) is 59.2 Å². The summed E-state index contributed by atoms with van der Waals surface area (Å²) in [5.74, 6) is -10.4. The molecule has 0 bridgehead atoms. The number of aliphatic hydroxyl groups excluding tert-OH is 1. The number of carbonyl (C=O) groups is 11. The molecule has 0 aromatic rings. The van der Waals surface area contributed by atoms with Crippen molar-refractivity contribution in [3.8, 4) is 0 Å². The SMILES string of the molecule is C/C=C/C[C@@H](C)[C@@H](O)[C@@H]1C(=O)C[C@H](CC)C(=O)N(C)[C@H](SCCCN(CC)C(C)C)C(=O)N(C)[C@@H](CC(C)C)C(=O)C[C@H](C(C)C)C(=O)N(C)[C@H](CC(C)C)C(=O)C[C@H](C)C(=O)N[C@@H](C)C(=O)N(C)[C@H](CC(C)C)C(=O)N(C)[C@@H](CC(C)C)C(=O)N(C)[C@H](C(C)C)C(=O)N1C. The Balaban J connectivity index is 4.57. The molecule has 1 aliphatic heterocycles. The highest BCUT2D eigenvalue weighted by molar-refractivity contribution is 8.00. The molecule has 546 valence electrons. The van der Waals surface area contributed by atoms with Crippen molar-refractivity contribution in [3.05, 3.63) is 12.2 Å². The lowest BCUT2D eigenvalue weighted by atomic mass is 9.84. The largest absolute Gasteiger partial charge is 0.390 e. The van der Waals surface area contributed by atoms with Gasteiger partial charge < -0.3 is 49.6 Å². The van der Waals surface area contributed by atoms with Crippen molar-refractivity contribution >= 4 is 76.4 Å². The minimum atomic E-state index is -1.51. The maximum Gasteiger partial charge on any atom is 0.256 e. The van der Waals surface area contributed by atoms with Crippen molar-refractivity contribution in [2.45, 2.75) is 262 Å². The number of hydrogen-bond acceptors (Lipinski definition) is 14. The molecule has 95 heavy (non-hydrogen) atoms. The van der Waals surface area contributed by atoms with Gasteiger partial charge in [-0.1, -0.05) is 123 Å². The first kappa shape index (κ1) is 87.8. The van der Waals surface area contributed by atoms with Gasteiger partial charge in [0.2, 0.25) is 41.4 Å². The van der Waals surface area contributed by atoms with Crippen LogP contribution in [0.25, 0.3) is 0 Å². The number of amides is 8. The van der Waals surface area contributed by atoms with Gasteiger partial charge in [0, 0.05) is 92.4 Å². The number of thioether (sulfide) groups is 1. The number of allylic oxidation sites excluding steroid dienone is 2. The second kappa shape index (κ2) is 41.2. The van der Waals surface area contributed by atoms with E-state index in [0.717, 1.165) is 6.54 Å². The fraction of sp³-hybridized carbons (Fsp3) is 0.822. The van der Waals surface area contributed by atoms with Crippen LogP contribution in [0.1, 0.15) is 203 Å². The third kappa shape index (κ3) is 25.5. The van der Waals surface area contributed by atoms with E-state index in [0.29, 0.717) is 25.1 Å². The second-order valence-corrected chi connectivity index (χ2v) is 31.2. The quantitative estimate of drug-likeness (QED) is 0.0761. The van der Waals surface area contributed by atoms with Gasteiger partial charge in [-0.2, -0.15) is 0 Å². The first-order valence-corrected chi connectivity index (χ1v) is 36.4. The monoisotopic (exact) mass is 1360 g/mol. The number of aliphatic hydroxyl groups is 1. The Bertz CT molecular complexity index is 2560. The second-order valence-electron chi connectivity index (χ2n) is 30.0. The lowest BCUT2D eigenvalue weighted by Crippen LogP contribution is -2.61. The highest BCUT2D eigenvalue weighted by Gasteiger charge is 2.46. The Labute approximate surface area is 578 Å². The van der Waals surface area contributed by atoms with Gasteiger partial charge in [-0.25, -0.2) is 0 Å². The van der Waals surface area contributed by atoms with Crippen LogP contribution in [0.4, 0.5) is 0 Å². The standard InChI is InChI=1S/C73H131N9O12S/c1-28-31-33-50(18)64(86)63-61(85)41-53(29-2)67(89)81(27)73(95-35-32-34-82(30-3)49(16)17)72(94)76(22)56(37-44(6)7)60(84)42-54(47(12)13)68(90)75(21)55(36-43(4)5)59(83)40-51(19)65(87)74-52(20)66(88)77(23)57(38-45(8)9)69(91)78(24)58(39-46(10)11)70(92)79(25)62(48(14)15)71(93)80(63)26/h28,31,43-58,62-64,73,86H,29-30,32-42H2,1-27H3,(H,74,87)/b31-28+/t50-,51+,52+,53+,54-,55-,56+,57-,58+,62-,63+,64-,73-/m1/s1. The van der Waals surface area contributed by atoms with Crippen molar-refractivity contribution in [3.63, 3.8) is 0 Å². The molecule has 1 rings (SSSR count). The van der Waals surface area contributed by atoms with E-state index in [4.69, 9.17) is 0 Å². The van der Waals surface area contributed by atoms with Crippen molar-refractivity contribution in [2.75, 3.05) is 68.2 Å². The fourth-order valence-corrected chi connectivity index (χ4v) is 14.1. The van der Waals surface area contributed by atoms with Crippen LogP contribution >= 0.6 is 11.8 Å². The first-order valence-electron chi connectivity index (χ1n) is 35.4. The summed E-state index contributed by atoms with van der Waals surface area (Å²) in [4.78, 5) is 177. The van der Waals surface area contributed by atoms with E-state index in [2.05, 4.69) is 31.0 Å². The summed E-state index contributed by atoms with van der Waals surface area (Å²) in [6, 6.07) is -7.96. The zero-order chi connectivity index (χ0) is 73.5. The highest BCUT2D eigenvalue weighted by atomic mass is 32.2. The van der Waals surface area contributed by atoms with Crippen molar-refractivity contribution in [1.29, 1.82) is 0 Å². The van der Waals surface area contributed by atoms with Crippen LogP contribution in [0.3, 0.4) is 0 Å². The molecule has 1 heterocycles. The lowest BCUT2D eigenvalue weighted by Gasteiger charge is -2.41. The Hall–Kier alpha value is -5.22. The molecular weight excluding hydrogens is 1230 g/mol. The summed E-state index contributed by atoms with van der Waals surface area (Å²) in [5.41, 5.74) is 0. The maximum absolute atomic E-state index is 15.5. The van der Waals surface area contributed by atoms with Crippen LogP contribution in [0.5, 0.6) is 0 Å². The summed E-state index contributed by atoms with van der Waals surface area (Å²) in [7, 11) is 10.5. The molecule has 0 aliphatic carbocycles. The number of rotatable bonds is 22. The molecule has 21 nitrogen and oxygen atoms in total. The molecule has 0 spiro atoms. The number of likely N-dealkylation sites (N-methyl/N-ethyl adjacent to an activating group) is 7. The van der Waals surface area contributed by atoms with Gasteiger partial charge in [0.25, 0.3) is 5.91 Å². The van der Waals surface area contributed by atoms with Gasteiger partial charge in [0.05, 0.1) is 18.2 Å². The van der Waals surface area contributed by atoms with E-state index in [1.165, 1.54) is 95.3 Å². The van der Waals surface area contributed by atoms with Crippen LogP contribution in [-0.4, -0.2) is 237 Å². The minimum absolute atomic E-state index is 0.0772. The highest BCUT2D eigenvalue weighted by Crippen LogP contribution is 2.31. The molecule has 0 radical (unpaired) electrons. The van der Waals surface area contributed by atoms with E-state index in [9.17, 15) is 24.3 Å². The first-order chi connectivity index (χ1) is 44.0. The predicted octanol–water partition coefficient (Wildman–Crippen LogP) is 8.72. The molecule has 0 aromatic heterocycles. The van der Waals surface area contributed by atoms with Gasteiger partial charge >= 0.3 is 0 Å². The van der Waals surface area contributed by atoms with Crippen LogP contribution in [0.2, 0.25) is 0 Å². The smallest absolute Gasteiger partial charge is 0.256 e. The normalized spacial score (nSPS) is 26.5. The Morgan fingerprint density at radius 3 is 1.40 bits per heavy atom. The van der Waals surface area contributed by atoms with Gasteiger partial charge in [-0.05, 0) is 133 Å². The summed E-state index contributed by atoms with van der Waals surface area (Å²) in [5, 5.41) is 14.0. The number of ketones is 3. The van der Waals surface area contributed by atoms with Crippen molar-refractivity contribution < 1.29 is 57.8 Å². The molecule has 0 unspecified atom stereocenters. The van der Waals surface area contributed by atoms with E-state index in [-0.39, 0.29) is 86.2 Å². The third-order valence-electron chi connectivity index (χ3n) is 19.2. The Morgan fingerprint density at radius 2 is 0.958 bits per heavy atom. The minimum Gasteiger partial charge on any atom is -0.390 e. The van der Waals surface area contributed by atoms with Gasteiger partial charge in [-0.3, -0.25) is 52.7 Å². The summed E-state index contributed by atoms with van der Waals surface area (Å²) >= 11 is 1.26. The van der Waals surface area contributed by atoms with E-state index < -0.39 is 149 Å². The van der Waals surface area contributed by atoms with Gasteiger partial charge in [-0.15, -0.1) is 11.8 Å². The molecule has 13 atom stereocenters. The lowest BCUT2D eigenvalue weighted by molar-refractivity contribution is -0.157. The van der Waals surface area contributed by atoms with Gasteiger partial charge in [0.15, 0.2) is 22.7 Å². The van der Waals surface area contributed by atoms with Crippen molar-refractivity contribution in [1.82, 2.24) is 44.5 Å². The third-order valence-corrected chi connectivity index (χ3v) is 20.5. The van der Waals surface area contributed by atoms with E-state index in [1.54, 1.807) is 41.7 Å². The summed E-state index contributed by atoms with van der Waals surface area (Å²) in [6.07, 6.45) is 3.15. The van der Waals surface area contributed by atoms with E-state index in [1.807, 2.05) is 88.3 Å². The molecule has 1 fully saturated rings. The molecular formula is C73H131N9O12S. The zero-order valence-corrected chi connectivity index (χ0v) is 64.6. The maximum atomic E-state index is 15.5. The molecule has 1 aliphatic rings. The van der Waals surface area contributed by atoms with Crippen LogP contribution in [0.15, 0.2) is 12.2 Å². The number of Topliss-reactive ketones (excluding diaryl/α,β-unsaturated/α-hetero) is 3. The molecule has 8 amide bonds. The Kier molecular flexibility index (Phi) is 38.1. The molecule has 0 saturated carbocycles. The molecule has 0 aromatic carbocycles. The van der Waals surface area contributed by atoms with E-state index >= 15 is 33.6 Å². The zero-order valence-electron chi connectivity index (χ0n) is 63.8. The number of carbonyl (C=O) groups excluding carboxylic acids is 11. The summed E-state index contributed by atoms with van der Waals surface area (Å²) in [6.45, 7) is 38.7. The Morgan fingerprint density at radius 1 is 0.516 bits per heavy atom. The average Bonchev–Trinajstić information content (AvgIpc) is 0.811. The number of nitrogens with one attached hydrogen (secondary N) is 1. The van der Waals surface area contributed by atoms with Gasteiger partial charge in [0.1, 0.15) is 30.2 Å². The predicted molar refractivity (Wildman–Crippen MR) is 380 cm³/mol. The topological polar surface area (TPSA) is 246 Å². The number of hydrogen-bond donors (Lipinski definition) is 2. The summed E-state index contributed by atoms with van der Waals surface area (Å²) < 4.78 is 0. The molecule has 1 saturated heterocycles. The average molecular weight is 1360 g/mol. The molecule has 22 heteroatoms. The fourth-order valence-electron chi connectivity index (χ4n) is 13.0. The van der Waals surface area contributed by atoms with Crippen LogP contribution < -0.4 is 5.32 Å².